The minimum atomic E-state index is 0.134. The van der Waals surface area contributed by atoms with E-state index in [2.05, 4.69) is 10.6 Å². The van der Waals surface area contributed by atoms with Crippen LogP contribution in [0.1, 0.15) is 50.5 Å². The summed E-state index contributed by atoms with van der Waals surface area (Å²) in [4.78, 5) is 11.8. The van der Waals surface area contributed by atoms with Crippen molar-refractivity contribution in [1.29, 1.82) is 0 Å². The first-order chi connectivity index (χ1) is 10.7. The summed E-state index contributed by atoms with van der Waals surface area (Å²) < 4.78 is 0. The molecule has 1 aliphatic carbocycles. The highest BCUT2D eigenvalue weighted by Gasteiger charge is 2.11. The number of hydrogen-bond donors (Lipinski definition) is 2. The van der Waals surface area contributed by atoms with Gasteiger partial charge in [0.15, 0.2) is 0 Å². The molecule has 0 radical (unpaired) electrons. The molecule has 0 unspecified atom stereocenters. The quantitative estimate of drug-likeness (QED) is 0.751. The first kappa shape index (κ1) is 17.3. The molecule has 4 heteroatoms. The molecule has 0 aromatic heterocycles. The predicted octanol–water partition coefficient (Wildman–Crippen LogP) is 3.70. The summed E-state index contributed by atoms with van der Waals surface area (Å²) >= 11 is 5.85. The largest absolute Gasteiger partial charge is 0.356 e. The van der Waals surface area contributed by atoms with Gasteiger partial charge in [0.2, 0.25) is 5.91 Å². The highest BCUT2D eigenvalue weighted by atomic mass is 35.5. The zero-order valence-electron chi connectivity index (χ0n) is 13.2. The van der Waals surface area contributed by atoms with Crippen molar-refractivity contribution < 1.29 is 4.79 Å². The molecule has 0 atom stereocenters. The standard InChI is InChI=1S/C18H27ClN2O/c19-16-9-7-15(8-10-16)11-13-21-18(22)12-14-20-17-5-3-1-2-4-6-17/h7-10,17,20H,1-6,11-14H2,(H,21,22). The van der Waals surface area contributed by atoms with Crippen molar-refractivity contribution in [3.63, 3.8) is 0 Å². The third-order valence-corrected chi connectivity index (χ3v) is 4.54. The smallest absolute Gasteiger partial charge is 0.221 e. The Morgan fingerprint density at radius 3 is 2.41 bits per heavy atom. The summed E-state index contributed by atoms with van der Waals surface area (Å²) in [6.45, 7) is 1.47. The second-order valence-electron chi connectivity index (χ2n) is 6.12. The molecule has 0 heterocycles. The molecule has 2 rings (SSSR count). The minimum absolute atomic E-state index is 0.134. The molecular weight excluding hydrogens is 296 g/mol. The molecule has 0 spiro atoms. The zero-order chi connectivity index (χ0) is 15.6. The van der Waals surface area contributed by atoms with Crippen LogP contribution >= 0.6 is 11.6 Å². The van der Waals surface area contributed by atoms with Crippen molar-refractivity contribution in [3.8, 4) is 0 Å². The molecule has 1 aliphatic rings. The fraction of sp³-hybridized carbons (Fsp3) is 0.611. The Labute approximate surface area is 138 Å². The van der Waals surface area contributed by atoms with E-state index in [4.69, 9.17) is 11.6 Å². The maximum Gasteiger partial charge on any atom is 0.221 e. The van der Waals surface area contributed by atoms with Crippen LogP contribution in [-0.4, -0.2) is 25.0 Å². The van der Waals surface area contributed by atoms with Gasteiger partial charge in [0.1, 0.15) is 0 Å². The molecule has 22 heavy (non-hydrogen) atoms. The lowest BCUT2D eigenvalue weighted by Gasteiger charge is -2.15. The highest BCUT2D eigenvalue weighted by Crippen LogP contribution is 2.17. The van der Waals surface area contributed by atoms with Crippen LogP contribution in [0, 0.1) is 0 Å². The third-order valence-electron chi connectivity index (χ3n) is 4.29. The van der Waals surface area contributed by atoms with Crippen molar-refractivity contribution in [3.05, 3.63) is 34.9 Å². The van der Waals surface area contributed by atoms with Crippen LogP contribution in [0.5, 0.6) is 0 Å². The Hall–Kier alpha value is -1.06. The number of benzene rings is 1. The first-order valence-corrected chi connectivity index (χ1v) is 8.86. The average molecular weight is 323 g/mol. The summed E-state index contributed by atoms with van der Waals surface area (Å²) in [5, 5.41) is 7.26. The van der Waals surface area contributed by atoms with Gasteiger partial charge in [0.25, 0.3) is 0 Å². The molecule has 0 bridgehead atoms. The fourth-order valence-electron chi connectivity index (χ4n) is 2.96. The Kier molecular flexibility index (Phi) is 7.75. The SMILES string of the molecule is O=C(CCNC1CCCCCC1)NCCc1ccc(Cl)cc1. The van der Waals surface area contributed by atoms with Crippen LogP contribution in [-0.2, 0) is 11.2 Å². The van der Waals surface area contributed by atoms with Crippen molar-refractivity contribution >= 4 is 17.5 Å². The number of nitrogens with one attached hydrogen (secondary N) is 2. The van der Waals surface area contributed by atoms with Crippen LogP contribution in [0.4, 0.5) is 0 Å². The molecule has 1 aromatic carbocycles. The Bertz CT molecular complexity index is 439. The van der Waals surface area contributed by atoms with Crippen molar-refractivity contribution in [2.24, 2.45) is 0 Å². The summed E-state index contributed by atoms with van der Waals surface area (Å²) in [6, 6.07) is 8.39. The lowest BCUT2D eigenvalue weighted by Crippen LogP contribution is -2.33. The molecule has 0 aliphatic heterocycles. The number of amides is 1. The summed E-state index contributed by atoms with van der Waals surface area (Å²) in [5.74, 6) is 0.134. The molecule has 1 fully saturated rings. The summed E-state index contributed by atoms with van der Waals surface area (Å²) in [5.41, 5.74) is 1.20. The van der Waals surface area contributed by atoms with Crippen LogP contribution in [0.15, 0.2) is 24.3 Å². The van der Waals surface area contributed by atoms with E-state index in [9.17, 15) is 4.79 Å². The molecule has 3 nitrogen and oxygen atoms in total. The summed E-state index contributed by atoms with van der Waals surface area (Å²) in [7, 11) is 0. The normalized spacial score (nSPS) is 16.2. The number of carbonyl (C=O) groups excluding carboxylic acids is 1. The van der Waals surface area contributed by atoms with E-state index in [0.717, 1.165) is 18.0 Å². The Morgan fingerprint density at radius 1 is 1.05 bits per heavy atom. The van der Waals surface area contributed by atoms with Gasteiger partial charge < -0.3 is 10.6 Å². The topological polar surface area (TPSA) is 41.1 Å². The van der Waals surface area contributed by atoms with Crippen LogP contribution in [0.3, 0.4) is 0 Å². The van der Waals surface area contributed by atoms with Gasteiger partial charge in [-0.15, -0.1) is 0 Å². The molecule has 122 valence electrons. The molecule has 1 amide bonds. The van der Waals surface area contributed by atoms with E-state index in [-0.39, 0.29) is 5.91 Å². The van der Waals surface area contributed by atoms with Crippen LogP contribution in [0.2, 0.25) is 5.02 Å². The zero-order valence-corrected chi connectivity index (χ0v) is 14.0. The summed E-state index contributed by atoms with van der Waals surface area (Å²) in [6.07, 6.45) is 9.31. The van der Waals surface area contributed by atoms with Crippen molar-refractivity contribution in [1.82, 2.24) is 10.6 Å². The van der Waals surface area contributed by atoms with E-state index in [0.29, 0.717) is 19.0 Å². The van der Waals surface area contributed by atoms with Gasteiger partial charge in [-0.1, -0.05) is 49.4 Å². The van der Waals surface area contributed by atoms with E-state index in [1.54, 1.807) is 0 Å². The van der Waals surface area contributed by atoms with Gasteiger partial charge >= 0.3 is 0 Å². The minimum Gasteiger partial charge on any atom is -0.356 e. The highest BCUT2D eigenvalue weighted by molar-refractivity contribution is 6.30. The van der Waals surface area contributed by atoms with Crippen molar-refractivity contribution in [2.75, 3.05) is 13.1 Å². The predicted molar refractivity (Wildman–Crippen MR) is 92.3 cm³/mol. The van der Waals surface area contributed by atoms with E-state index in [1.807, 2.05) is 24.3 Å². The number of rotatable bonds is 7. The number of hydrogen-bond acceptors (Lipinski definition) is 2. The lowest BCUT2D eigenvalue weighted by molar-refractivity contribution is -0.120. The average Bonchev–Trinajstić information content (AvgIpc) is 2.78. The number of halogens is 1. The Morgan fingerprint density at radius 2 is 1.73 bits per heavy atom. The molecule has 0 saturated heterocycles. The molecule has 2 N–H and O–H groups in total. The van der Waals surface area contributed by atoms with Crippen LogP contribution in [0.25, 0.3) is 0 Å². The van der Waals surface area contributed by atoms with E-state index >= 15 is 0 Å². The van der Waals surface area contributed by atoms with Gasteiger partial charge in [-0.3, -0.25) is 4.79 Å². The van der Waals surface area contributed by atoms with E-state index < -0.39 is 0 Å². The second-order valence-corrected chi connectivity index (χ2v) is 6.56. The van der Waals surface area contributed by atoms with E-state index in [1.165, 1.54) is 44.1 Å². The number of carbonyl (C=O) groups is 1. The van der Waals surface area contributed by atoms with Crippen molar-refractivity contribution in [2.45, 2.75) is 57.4 Å². The van der Waals surface area contributed by atoms with Gasteiger partial charge in [-0.25, -0.2) is 0 Å². The first-order valence-electron chi connectivity index (χ1n) is 8.48. The maximum absolute atomic E-state index is 11.8. The van der Waals surface area contributed by atoms with Gasteiger partial charge in [0.05, 0.1) is 0 Å². The monoisotopic (exact) mass is 322 g/mol. The van der Waals surface area contributed by atoms with Crippen LogP contribution < -0.4 is 10.6 Å². The molecule has 1 saturated carbocycles. The van der Waals surface area contributed by atoms with Gasteiger partial charge in [-0.2, -0.15) is 0 Å². The van der Waals surface area contributed by atoms with Gasteiger partial charge in [0, 0.05) is 30.6 Å². The Balaban J connectivity index is 1.54. The third kappa shape index (κ3) is 6.80. The van der Waals surface area contributed by atoms with Gasteiger partial charge in [-0.05, 0) is 37.0 Å². The lowest BCUT2D eigenvalue weighted by atomic mass is 10.1. The molecular formula is C18H27ClN2O. The molecule has 1 aromatic rings. The fourth-order valence-corrected chi connectivity index (χ4v) is 3.09. The second kappa shape index (κ2) is 9.86. The maximum atomic E-state index is 11.8.